The number of carboxylic acid groups (broad SMARTS) is 1. The topological polar surface area (TPSA) is 57.6 Å². The average molecular weight is 327 g/mol. The number of thiophene rings is 1. The van der Waals surface area contributed by atoms with Gasteiger partial charge in [-0.3, -0.25) is 4.79 Å². The second-order valence-electron chi connectivity index (χ2n) is 5.21. The van der Waals surface area contributed by atoms with Crippen molar-refractivity contribution in [1.82, 2.24) is 4.90 Å². The Kier molecular flexibility index (Phi) is 6.11. The van der Waals surface area contributed by atoms with Crippen LogP contribution in [0.25, 0.3) is 0 Å². The lowest BCUT2D eigenvalue weighted by molar-refractivity contribution is -0.131. The molecule has 0 saturated heterocycles. The number of carboxylic acids is 1. The lowest BCUT2D eigenvalue weighted by Gasteiger charge is -2.33. The van der Waals surface area contributed by atoms with Crippen molar-refractivity contribution in [2.45, 2.75) is 50.0 Å². The summed E-state index contributed by atoms with van der Waals surface area (Å²) in [6, 6.07) is 2.04. The highest BCUT2D eigenvalue weighted by atomic mass is 32.2. The molecule has 1 aliphatic rings. The molecule has 0 aliphatic heterocycles. The molecule has 2 rings (SSSR count). The molecule has 1 aromatic rings. The molecule has 1 aromatic heterocycles. The highest BCUT2D eigenvalue weighted by molar-refractivity contribution is 8.00. The molecule has 1 aliphatic carbocycles. The molecule has 6 heteroatoms. The smallest absolute Gasteiger partial charge is 0.345 e. The molecule has 1 saturated carbocycles. The molecule has 1 N–H and O–H groups in total. The van der Waals surface area contributed by atoms with Crippen molar-refractivity contribution in [3.8, 4) is 0 Å². The predicted octanol–water partition coefficient (Wildman–Crippen LogP) is 3.72. The Hall–Kier alpha value is -1.01. The van der Waals surface area contributed by atoms with E-state index in [2.05, 4.69) is 0 Å². The van der Waals surface area contributed by atoms with E-state index < -0.39 is 5.97 Å². The highest BCUT2D eigenvalue weighted by Gasteiger charge is 2.24. The van der Waals surface area contributed by atoms with E-state index in [1.54, 1.807) is 11.4 Å². The summed E-state index contributed by atoms with van der Waals surface area (Å²) < 4.78 is 0. The largest absolute Gasteiger partial charge is 0.477 e. The normalized spacial score (nSPS) is 15.9. The van der Waals surface area contributed by atoms with E-state index in [9.17, 15) is 9.59 Å². The number of aromatic carboxylic acids is 1. The number of nitrogens with zero attached hydrogens (tertiary/aromatic N) is 1. The van der Waals surface area contributed by atoms with E-state index >= 15 is 0 Å². The van der Waals surface area contributed by atoms with Gasteiger partial charge in [0.2, 0.25) is 5.91 Å². The van der Waals surface area contributed by atoms with E-state index in [-0.39, 0.29) is 5.91 Å². The summed E-state index contributed by atoms with van der Waals surface area (Å²) in [6.07, 6.45) is 5.95. The number of amides is 1. The standard InChI is InChI=1S/C15H21NO3S2/c1-2-16(11-6-4-3-5-7-11)14(17)10-20-12-8-13(15(18)19)21-9-12/h8-9,11H,2-7,10H2,1H3,(H,18,19). The van der Waals surface area contributed by atoms with Gasteiger partial charge in [-0.1, -0.05) is 19.3 Å². The first kappa shape index (κ1) is 16.4. The minimum Gasteiger partial charge on any atom is -0.477 e. The first-order chi connectivity index (χ1) is 10.1. The van der Waals surface area contributed by atoms with Gasteiger partial charge in [0.25, 0.3) is 0 Å². The second kappa shape index (κ2) is 7.84. The van der Waals surface area contributed by atoms with Crippen LogP contribution < -0.4 is 0 Å². The van der Waals surface area contributed by atoms with Gasteiger partial charge >= 0.3 is 5.97 Å². The van der Waals surface area contributed by atoms with Crippen molar-refractivity contribution >= 4 is 35.0 Å². The van der Waals surface area contributed by atoms with E-state index in [4.69, 9.17) is 5.11 Å². The van der Waals surface area contributed by atoms with Crippen molar-refractivity contribution in [3.05, 3.63) is 16.3 Å². The summed E-state index contributed by atoms with van der Waals surface area (Å²) >= 11 is 2.64. The van der Waals surface area contributed by atoms with Crippen molar-refractivity contribution in [1.29, 1.82) is 0 Å². The van der Waals surface area contributed by atoms with E-state index in [0.717, 1.165) is 24.3 Å². The van der Waals surface area contributed by atoms with Gasteiger partial charge in [-0.15, -0.1) is 23.1 Å². The van der Waals surface area contributed by atoms with Gasteiger partial charge in [0.1, 0.15) is 4.88 Å². The van der Waals surface area contributed by atoms with Gasteiger partial charge in [0.05, 0.1) is 5.75 Å². The zero-order chi connectivity index (χ0) is 15.2. The van der Waals surface area contributed by atoms with Gasteiger partial charge in [-0.2, -0.15) is 0 Å². The van der Waals surface area contributed by atoms with E-state index in [1.807, 2.05) is 11.8 Å². The van der Waals surface area contributed by atoms with Crippen LogP contribution in [0, 0.1) is 0 Å². The summed E-state index contributed by atoms with van der Waals surface area (Å²) in [4.78, 5) is 26.4. The van der Waals surface area contributed by atoms with Crippen LogP contribution in [0.3, 0.4) is 0 Å². The molecular formula is C15H21NO3S2. The van der Waals surface area contributed by atoms with Gasteiger partial charge < -0.3 is 10.0 Å². The quantitative estimate of drug-likeness (QED) is 0.809. The molecule has 1 fully saturated rings. The van der Waals surface area contributed by atoms with Crippen LogP contribution >= 0.6 is 23.1 Å². The average Bonchev–Trinajstić information content (AvgIpc) is 2.96. The summed E-state index contributed by atoms with van der Waals surface area (Å²) in [7, 11) is 0. The van der Waals surface area contributed by atoms with Crippen molar-refractivity contribution < 1.29 is 14.7 Å². The second-order valence-corrected chi connectivity index (χ2v) is 7.17. The third-order valence-corrected chi connectivity index (χ3v) is 5.85. The molecular weight excluding hydrogens is 306 g/mol. The third kappa shape index (κ3) is 4.48. The van der Waals surface area contributed by atoms with Crippen LogP contribution in [0.15, 0.2) is 16.3 Å². The molecule has 1 heterocycles. The fourth-order valence-corrected chi connectivity index (χ4v) is 4.52. The van der Waals surface area contributed by atoms with Crippen LogP contribution in [0.4, 0.5) is 0 Å². The number of rotatable bonds is 6. The summed E-state index contributed by atoms with van der Waals surface area (Å²) in [5.74, 6) is -0.354. The Morgan fingerprint density at radius 3 is 2.67 bits per heavy atom. The number of hydrogen-bond donors (Lipinski definition) is 1. The molecule has 116 valence electrons. The number of thioether (sulfide) groups is 1. The molecule has 21 heavy (non-hydrogen) atoms. The summed E-state index contributed by atoms with van der Waals surface area (Å²) in [5.41, 5.74) is 0. The lowest BCUT2D eigenvalue weighted by Crippen LogP contribution is -2.42. The van der Waals surface area contributed by atoms with Gasteiger partial charge in [-0.05, 0) is 25.8 Å². The molecule has 0 atom stereocenters. The molecule has 0 bridgehead atoms. The van der Waals surface area contributed by atoms with E-state index in [0.29, 0.717) is 16.7 Å². The van der Waals surface area contributed by atoms with Crippen LogP contribution in [0.1, 0.15) is 48.7 Å². The molecule has 0 spiro atoms. The fraction of sp³-hybridized carbons (Fsp3) is 0.600. The van der Waals surface area contributed by atoms with Crippen molar-refractivity contribution in [2.24, 2.45) is 0 Å². The molecule has 0 aromatic carbocycles. The highest BCUT2D eigenvalue weighted by Crippen LogP contribution is 2.27. The Bertz CT molecular complexity index is 495. The van der Waals surface area contributed by atoms with Crippen LogP contribution in [-0.2, 0) is 4.79 Å². The maximum Gasteiger partial charge on any atom is 0.345 e. The first-order valence-electron chi connectivity index (χ1n) is 7.36. The van der Waals surface area contributed by atoms with E-state index in [1.165, 1.54) is 42.4 Å². The zero-order valence-electron chi connectivity index (χ0n) is 12.2. The molecule has 0 radical (unpaired) electrons. The Morgan fingerprint density at radius 1 is 1.38 bits per heavy atom. The van der Waals surface area contributed by atoms with Crippen molar-refractivity contribution in [3.63, 3.8) is 0 Å². The van der Waals surface area contributed by atoms with Crippen LogP contribution in [0.2, 0.25) is 0 Å². The minimum atomic E-state index is -0.907. The zero-order valence-corrected chi connectivity index (χ0v) is 13.8. The Labute approximate surface area is 133 Å². The SMILES string of the molecule is CCN(C(=O)CSc1csc(C(=O)O)c1)C1CCCCC1. The molecule has 0 unspecified atom stereocenters. The first-order valence-corrected chi connectivity index (χ1v) is 9.22. The number of carbonyl (C=O) groups is 2. The maximum atomic E-state index is 12.4. The molecule has 4 nitrogen and oxygen atoms in total. The van der Waals surface area contributed by atoms with Crippen molar-refractivity contribution in [2.75, 3.05) is 12.3 Å². The van der Waals surface area contributed by atoms with Gasteiger partial charge in [0, 0.05) is 22.9 Å². The minimum absolute atomic E-state index is 0.164. The van der Waals surface area contributed by atoms with Gasteiger partial charge in [-0.25, -0.2) is 4.79 Å². The monoisotopic (exact) mass is 327 g/mol. The summed E-state index contributed by atoms with van der Waals surface area (Å²) in [5, 5.41) is 10.7. The van der Waals surface area contributed by atoms with Crippen LogP contribution in [-0.4, -0.2) is 40.2 Å². The molecule has 1 amide bonds. The maximum absolute atomic E-state index is 12.4. The summed E-state index contributed by atoms with van der Waals surface area (Å²) in [6.45, 7) is 2.79. The predicted molar refractivity (Wildman–Crippen MR) is 86.3 cm³/mol. The Morgan fingerprint density at radius 2 is 2.10 bits per heavy atom. The van der Waals surface area contributed by atoms with Crippen LogP contribution in [0.5, 0.6) is 0 Å². The van der Waals surface area contributed by atoms with Gasteiger partial charge in [0.15, 0.2) is 0 Å². The third-order valence-electron chi connectivity index (χ3n) is 3.82. The number of hydrogen-bond acceptors (Lipinski definition) is 4. The number of carbonyl (C=O) groups excluding carboxylic acids is 1. The Balaban J connectivity index is 1.88. The fourth-order valence-electron chi connectivity index (χ4n) is 2.77. The lowest BCUT2D eigenvalue weighted by atomic mass is 9.94.